The molecule has 2 nitrogen and oxygen atoms in total. The van der Waals surface area contributed by atoms with Crippen LogP contribution in [0.5, 0.6) is 5.75 Å². The van der Waals surface area contributed by atoms with Gasteiger partial charge >= 0.3 is 0 Å². The fourth-order valence-corrected chi connectivity index (χ4v) is 1.96. The second-order valence-electron chi connectivity index (χ2n) is 3.59. The predicted octanol–water partition coefficient (Wildman–Crippen LogP) is 3.57. The maximum Gasteiger partial charge on any atom is 0.133 e. The van der Waals surface area contributed by atoms with E-state index in [-0.39, 0.29) is 0 Å². The number of rotatable bonds is 3. The molecule has 2 rings (SSSR count). The average Bonchev–Trinajstić information content (AvgIpc) is 2.28. The van der Waals surface area contributed by atoms with Crippen molar-refractivity contribution >= 4 is 22.6 Å². The predicted molar refractivity (Wildman–Crippen MR) is 72.5 cm³/mol. The monoisotopic (exact) mass is 325 g/mol. The van der Waals surface area contributed by atoms with Gasteiger partial charge in [-0.25, -0.2) is 0 Å². The molecular formula is C13H12INO. The average molecular weight is 325 g/mol. The molecule has 1 heterocycles. The molecule has 0 spiro atoms. The van der Waals surface area contributed by atoms with Crippen molar-refractivity contribution in [3.63, 3.8) is 0 Å². The molecule has 3 heteroatoms. The van der Waals surface area contributed by atoms with Crippen LogP contribution in [0.1, 0.15) is 11.1 Å². The van der Waals surface area contributed by atoms with Crippen molar-refractivity contribution < 1.29 is 4.74 Å². The van der Waals surface area contributed by atoms with E-state index >= 15 is 0 Å². The van der Waals surface area contributed by atoms with Crippen LogP contribution >= 0.6 is 22.6 Å². The summed E-state index contributed by atoms with van der Waals surface area (Å²) in [7, 11) is 0. The third-order valence-electron chi connectivity index (χ3n) is 2.16. The first-order valence-electron chi connectivity index (χ1n) is 5.03. The molecule has 0 saturated carbocycles. The van der Waals surface area contributed by atoms with Crippen molar-refractivity contribution in [1.29, 1.82) is 0 Å². The van der Waals surface area contributed by atoms with Crippen LogP contribution in [0, 0.1) is 10.5 Å². The number of pyridine rings is 1. The molecule has 0 aliphatic rings. The number of aromatic nitrogens is 1. The molecule has 0 aliphatic heterocycles. The van der Waals surface area contributed by atoms with E-state index in [4.69, 9.17) is 4.74 Å². The van der Waals surface area contributed by atoms with Gasteiger partial charge in [-0.3, -0.25) is 4.98 Å². The first-order chi connectivity index (χ1) is 7.75. The minimum Gasteiger partial charge on any atom is -0.488 e. The summed E-state index contributed by atoms with van der Waals surface area (Å²) in [5, 5.41) is 0. The summed E-state index contributed by atoms with van der Waals surface area (Å²) in [5.41, 5.74) is 2.25. The van der Waals surface area contributed by atoms with Gasteiger partial charge < -0.3 is 4.74 Å². The Kier molecular flexibility index (Phi) is 3.77. The van der Waals surface area contributed by atoms with Crippen LogP contribution in [-0.4, -0.2) is 4.98 Å². The fraction of sp³-hybridized carbons (Fsp3) is 0.154. The van der Waals surface area contributed by atoms with Gasteiger partial charge in [0.15, 0.2) is 0 Å². The lowest BCUT2D eigenvalue weighted by atomic mass is 10.2. The van der Waals surface area contributed by atoms with Gasteiger partial charge in [0.1, 0.15) is 12.4 Å². The largest absolute Gasteiger partial charge is 0.488 e. The number of hydrogen-bond acceptors (Lipinski definition) is 2. The van der Waals surface area contributed by atoms with Gasteiger partial charge in [0.25, 0.3) is 0 Å². The Hall–Kier alpha value is -1.10. The van der Waals surface area contributed by atoms with E-state index in [1.807, 2.05) is 43.6 Å². The highest BCUT2D eigenvalue weighted by Crippen LogP contribution is 2.20. The van der Waals surface area contributed by atoms with E-state index in [2.05, 4.69) is 33.6 Å². The molecule has 0 saturated heterocycles. The smallest absolute Gasteiger partial charge is 0.133 e. The Morgan fingerprint density at radius 2 is 2.06 bits per heavy atom. The number of para-hydroxylation sites is 1. The Bertz CT molecular complexity index is 485. The maximum atomic E-state index is 5.73. The fourth-order valence-electron chi connectivity index (χ4n) is 1.42. The molecule has 0 aliphatic carbocycles. The van der Waals surface area contributed by atoms with Crippen LogP contribution in [0.25, 0.3) is 0 Å². The standard InChI is InChI=1S/C13H12INO/c1-10-6-11(8-15-7-10)9-16-13-5-3-2-4-12(13)14/h2-8H,9H2,1H3. The van der Waals surface area contributed by atoms with Crippen LogP contribution in [0.3, 0.4) is 0 Å². The number of halogens is 1. The number of benzene rings is 1. The van der Waals surface area contributed by atoms with Crippen molar-refractivity contribution in [2.45, 2.75) is 13.5 Å². The molecule has 0 fully saturated rings. The molecule has 0 radical (unpaired) electrons. The Labute approximate surface area is 109 Å². The van der Waals surface area contributed by atoms with Crippen LogP contribution in [0.15, 0.2) is 42.7 Å². The minimum atomic E-state index is 0.564. The summed E-state index contributed by atoms with van der Waals surface area (Å²) in [6.45, 7) is 2.59. The lowest BCUT2D eigenvalue weighted by Gasteiger charge is -2.07. The summed E-state index contributed by atoms with van der Waals surface area (Å²) in [6, 6.07) is 10.1. The molecule has 0 amide bonds. The van der Waals surface area contributed by atoms with Crippen LogP contribution in [0.2, 0.25) is 0 Å². The highest BCUT2D eigenvalue weighted by Gasteiger charge is 2.00. The molecule has 1 aromatic carbocycles. The SMILES string of the molecule is Cc1cncc(COc2ccccc2I)c1. The van der Waals surface area contributed by atoms with Gasteiger partial charge in [-0.2, -0.15) is 0 Å². The second-order valence-corrected chi connectivity index (χ2v) is 4.75. The zero-order chi connectivity index (χ0) is 11.4. The van der Waals surface area contributed by atoms with Crippen molar-refractivity contribution in [3.8, 4) is 5.75 Å². The zero-order valence-corrected chi connectivity index (χ0v) is 11.1. The highest BCUT2D eigenvalue weighted by atomic mass is 127. The number of aryl methyl sites for hydroxylation is 1. The highest BCUT2D eigenvalue weighted by molar-refractivity contribution is 14.1. The summed E-state index contributed by atoms with van der Waals surface area (Å²) in [5.74, 6) is 0.921. The Morgan fingerprint density at radius 3 is 2.81 bits per heavy atom. The minimum absolute atomic E-state index is 0.564. The van der Waals surface area contributed by atoms with Crippen molar-refractivity contribution in [2.24, 2.45) is 0 Å². The lowest BCUT2D eigenvalue weighted by molar-refractivity contribution is 0.303. The van der Waals surface area contributed by atoms with E-state index in [0.29, 0.717) is 6.61 Å². The van der Waals surface area contributed by atoms with E-state index in [1.54, 1.807) is 0 Å². The first kappa shape index (κ1) is 11.4. The molecule has 82 valence electrons. The van der Waals surface area contributed by atoms with Crippen LogP contribution < -0.4 is 4.74 Å². The van der Waals surface area contributed by atoms with Gasteiger partial charge in [-0.1, -0.05) is 12.1 Å². The third-order valence-corrected chi connectivity index (χ3v) is 3.05. The van der Waals surface area contributed by atoms with E-state index in [9.17, 15) is 0 Å². The number of ether oxygens (including phenoxy) is 1. The number of nitrogens with zero attached hydrogens (tertiary/aromatic N) is 1. The van der Waals surface area contributed by atoms with Crippen LogP contribution in [0.4, 0.5) is 0 Å². The van der Waals surface area contributed by atoms with E-state index in [1.165, 1.54) is 0 Å². The molecule has 16 heavy (non-hydrogen) atoms. The second kappa shape index (κ2) is 5.30. The van der Waals surface area contributed by atoms with Gasteiger partial charge in [-0.15, -0.1) is 0 Å². The first-order valence-corrected chi connectivity index (χ1v) is 6.11. The van der Waals surface area contributed by atoms with Gasteiger partial charge in [0.05, 0.1) is 3.57 Å². The number of hydrogen-bond donors (Lipinski definition) is 0. The van der Waals surface area contributed by atoms with E-state index < -0.39 is 0 Å². The van der Waals surface area contributed by atoms with E-state index in [0.717, 1.165) is 20.4 Å². The molecule has 0 unspecified atom stereocenters. The summed E-state index contributed by atoms with van der Waals surface area (Å²) >= 11 is 2.27. The molecule has 0 N–H and O–H groups in total. The summed E-state index contributed by atoms with van der Waals surface area (Å²) in [4.78, 5) is 4.14. The molecule has 0 atom stereocenters. The molecule has 2 aromatic rings. The Balaban J connectivity index is 2.05. The molecular weight excluding hydrogens is 313 g/mol. The zero-order valence-electron chi connectivity index (χ0n) is 8.98. The van der Waals surface area contributed by atoms with Gasteiger partial charge in [-0.05, 0) is 53.3 Å². The quantitative estimate of drug-likeness (QED) is 0.805. The maximum absolute atomic E-state index is 5.73. The lowest BCUT2D eigenvalue weighted by Crippen LogP contribution is -1.97. The molecule has 0 bridgehead atoms. The Morgan fingerprint density at radius 1 is 1.25 bits per heavy atom. The van der Waals surface area contributed by atoms with Crippen LogP contribution in [-0.2, 0) is 6.61 Å². The van der Waals surface area contributed by atoms with Crippen molar-refractivity contribution in [3.05, 3.63) is 57.4 Å². The van der Waals surface area contributed by atoms with Crippen molar-refractivity contribution in [2.75, 3.05) is 0 Å². The third kappa shape index (κ3) is 2.95. The topological polar surface area (TPSA) is 22.1 Å². The normalized spacial score (nSPS) is 10.1. The van der Waals surface area contributed by atoms with Gasteiger partial charge in [0.2, 0.25) is 0 Å². The van der Waals surface area contributed by atoms with Crippen molar-refractivity contribution in [1.82, 2.24) is 4.98 Å². The molecule has 1 aromatic heterocycles. The summed E-state index contributed by atoms with van der Waals surface area (Å²) in [6.07, 6.45) is 3.68. The summed E-state index contributed by atoms with van der Waals surface area (Å²) < 4.78 is 6.86. The van der Waals surface area contributed by atoms with Gasteiger partial charge in [0, 0.05) is 18.0 Å².